The van der Waals surface area contributed by atoms with Gasteiger partial charge in [0.05, 0.1) is 11.3 Å². The monoisotopic (exact) mass is 541 g/mol. The number of benzene rings is 3. The molecule has 0 fully saturated rings. The van der Waals surface area contributed by atoms with E-state index in [1.54, 1.807) is 36.4 Å². The Balaban J connectivity index is 1.56. The number of carbonyl (C=O) groups is 1. The van der Waals surface area contributed by atoms with Gasteiger partial charge in [-0.05, 0) is 23.6 Å². The minimum absolute atomic E-state index is 0.0202. The number of alkyl halides is 3. The summed E-state index contributed by atoms with van der Waals surface area (Å²) in [5.74, 6) is -0.775. The average molecular weight is 542 g/mol. The van der Waals surface area contributed by atoms with Crippen molar-refractivity contribution in [2.24, 2.45) is 0 Å². The molecule has 4 aromatic rings. The number of ether oxygens (including phenoxy) is 1. The maximum absolute atomic E-state index is 13.4. The minimum Gasteiger partial charge on any atom is -0.459 e. The van der Waals surface area contributed by atoms with E-state index in [0.717, 1.165) is 17.7 Å². The molecule has 0 amide bonds. The molecule has 10 heteroatoms. The molecule has 0 spiro atoms. The number of hydrogen-bond donors (Lipinski definition) is 1. The lowest BCUT2D eigenvalue weighted by molar-refractivity contribution is -0.145. The fourth-order valence-electron chi connectivity index (χ4n) is 3.82. The maximum atomic E-state index is 13.4. The van der Waals surface area contributed by atoms with Crippen LogP contribution in [-0.4, -0.2) is 22.1 Å². The van der Waals surface area contributed by atoms with Gasteiger partial charge in [0.15, 0.2) is 11.0 Å². The smallest absolute Gasteiger partial charge is 0.416 e. The van der Waals surface area contributed by atoms with Crippen molar-refractivity contribution in [2.45, 2.75) is 25.7 Å². The van der Waals surface area contributed by atoms with E-state index in [9.17, 15) is 22.8 Å². The SMILES string of the molecule is O=C(Cn1c(-c2ccccc2)c(Cl)nc(NCCc2cccc(C(F)(F)F)c2)c1=O)OCc1ccccc1. The molecule has 0 saturated heterocycles. The molecule has 38 heavy (non-hydrogen) atoms. The van der Waals surface area contributed by atoms with Gasteiger partial charge in [0.2, 0.25) is 0 Å². The lowest BCUT2D eigenvalue weighted by atomic mass is 10.1. The van der Waals surface area contributed by atoms with E-state index in [4.69, 9.17) is 16.3 Å². The minimum atomic E-state index is -4.45. The van der Waals surface area contributed by atoms with E-state index in [1.165, 1.54) is 10.6 Å². The lowest BCUT2D eigenvalue weighted by Gasteiger charge is -2.16. The van der Waals surface area contributed by atoms with Gasteiger partial charge in [0.1, 0.15) is 13.2 Å². The molecule has 0 unspecified atom stereocenters. The molecule has 0 aliphatic carbocycles. The Labute approximate surface area is 221 Å². The first kappa shape index (κ1) is 26.9. The van der Waals surface area contributed by atoms with E-state index in [1.807, 2.05) is 30.3 Å². The zero-order valence-electron chi connectivity index (χ0n) is 20.0. The maximum Gasteiger partial charge on any atom is 0.416 e. The Morgan fingerprint density at radius 3 is 2.29 bits per heavy atom. The second-order valence-electron chi connectivity index (χ2n) is 8.38. The fraction of sp³-hybridized carbons (Fsp3) is 0.179. The van der Waals surface area contributed by atoms with Crippen LogP contribution in [0.15, 0.2) is 89.7 Å². The molecule has 1 N–H and O–H groups in total. The Morgan fingerprint density at radius 1 is 0.947 bits per heavy atom. The third-order valence-electron chi connectivity index (χ3n) is 5.66. The summed E-state index contributed by atoms with van der Waals surface area (Å²) in [7, 11) is 0. The number of rotatable bonds is 9. The van der Waals surface area contributed by atoms with E-state index in [-0.39, 0.29) is 36.2 Å². The largest absolute Gasteiger partial charge is 0.459 e. The summed E-state index contributed by atoms with van der Waals surface area (Å²) in [6.07, 6.45) is -4.25. The van der Waals surface area contributed by atoms with Crippen molar-refractivity contribution in [3.8, 4) is 11.3 Å². The van der Waals surface area contributed by atoms with Gasteiger partial charge in [-0.3, -0.25) is 14.2 Å². The molecule has 0 aliphatic heterocycles. The summed E-state index contributed by atoms with van der Waals surface area (Å²) in [6.45, 7) is -0.264. The number of halogens is 4. The molecule has 0 aliphatic rings. The van der Waals surface area contributed by atoms with Gasteiger partial charge in [-0.1, -0.05) is 90.5 Å². The molecule has 0 bridgehead atoms. The van der Waals surface area contributed by atoms with Gasteiger partial charge in [-0.25, -0.2) is 4.98 Å². The van der Waals surface area contributed by atoms with Gasteiger partial charge in [0, 0.05) is 12.1 Å². The van der Waals surface area contributed by atoms with Crippen molar-refractivity contribution < 1.29 is 22.7 Å². The second kappa shape index (κ2) is 12.0. The highest BCUT2D eigenvalue weighted by atomic mass is 35.5. The first-order chi connectivity index (χ1) is 18.2. The van der Waals surface area contributed by atoms with Gasteiger partial charge >= 0.3 is 12.1 Å². The zero-order chi connectivity index (χ0) is 27.1. The average Bonchev–Trinajstić information content (AvgIpc) is 2.91. The van der Waals surface area contributed by atoms with Crippen molar-refractivity contribution in [2.75, 3.05) is 11.9 Å². The molecular weight excluding hydrogens is 519 g/mol. The van der Waals surface area contributed by atoms with Crippen molar-refractivity contribution in [3.05, 3.63) is 117 Å². The lowest BCUT2D eigenvalue weighted by Crippen LogP contribution is -2.30. The first-order valence-electron chi connectivity index (χ1n) is 11.7. The van der Waals surface area contributed by atoms with Crippen LogP contribution in [0.1, 0.15) is 16.7 Å². The van der Waals surface area contributed by atoms with E-state index in [2.05, 4.69) is 10.3 Å². The van der Waals surface area contributed by atoms with Crippen LogP contribution < -0.4 is 10.9 Å². The highest BCUT2D eigenvalue weighted by Crippen LogP contribution is 2.30. The van der Waals surface area contributed by atoms with Gasteiger partial charge in [0.25, 0.3) is 5.56 Å². The summed E-state index contributed by atoms with van der Waals surface area (Å²) in [5.41, 5.74) is 0.685. The molecule has 0 atom stereocenters. The normalized spacial score (nSPS) is 11.3. The van der Waals surface area contributed by atoms with Gasteiger partial charge in [-0.2, -0.15) is 13.2 Å². The van der Waals surface area contributed by atoms with E-state index >= 15 is 0 Å². The summed E-state index contributed by atoms with van der Waals surface area (Å²) in [6, 6.07) is 22.8. The number of carbonyl (C=O) groups excluding carboxylic acids is 1. The summed E-state index contributed by atoms with van der Waals surface area (Å²) < 4.78 is 45.6. The van der Waals surface area contributed by atoms with E-state index < -0.39 is 29.8 Å². The van der Waals surface area contributed by atoms with Crippen LogP contribution in [-0.2, 0) is 35.3 Å². The molecular formula is C28H23ClF3N3O3. The standard InChI is InChI=1S/C28H23ClF3N3O3/c29-25-24(21-11-5-2-6-12-21)35(17-23(36)38-18-20-8-3-1-4-9-20)27(37)26(34-25)33-15-14-19-10-7-13-22(16-19)28(30,31)32/h1-13,16H,14-15,17-18H2,(H,33,34). The molecule has 0 radical (unpaired) electrons. The molecule has 4 rings (SSSR count). The third kappa shape index (κ3) is 6.80. The van der Waals surface area contributed by atoms with Crippen LogP contribution in [0.25, 0.3) is 11.3 Å². The number of nitrogens with zero attached hydrogens (tertiary/aromatic N) is 2. The topological polar surface area (TPSA) is 73.2 Å². The third-order valence-corrected chi connectivity index (χ3v) is 5.92. The number of nitrogens with one attached hydrogen (secondary N) is 1. The van der Waals surface area contributed by atoms with Gasteiger partial charge < -0.3 is 10.1 Å². The van der Waals surface area contributed by atoms with Gasteiger partial charge in [-0.15, -0.1) is 0 Å². The number of hydrogen-bond acceptors (Lipinski definition) is 5. The van der Waals surface area contributed by atoms with Crippen LogP contribution in [0.5, 0.6) is 0 Å². The van der Waals surface area contributed by atoms with Crippen molar-refractivity contribution in [1.29, 1.82) is 0 Å². The highest BCUT2D eigenvalue weighted by Gasteiger charge is 2.30. The highest BCUT2D eigenvalue weighted by molar-refractivity contribution is 6.32. The molecule has 3 aromatic carbocycles. The Morgan fingerprint density at radius 2 is 1.61 bits per heavy atom. The van der Waals surface area contributed by atoms with E-state index in [0.29, 0.717) is 11.1 Å². The predicted molar refractivity (Wildman–Crippen MR) is 139 cm³/mol. The van der Waals surface area contributed by atoms with Crippen LogP contribution in [0.3, 0.4) is 0 Å². The van der Waals surface area contributed by atoms with Crippen molar-refractivity contribution in [3.63, 3.8) is 0 Å². The number of anilines is 1. The van der Waals surface area contributed by atoms with Crippen LogP contribution >= 0.6 is 11.6 Å². The molecule has 6 nitrogen and oxygen atoms in total. The summed E-state index contributed by atoms with van der Waals surface area (Å²) >= 11 is 6.48. The Bertz CT molecular complexity index is 1460. The molecule has 1 aromatic heterocycles. The second-order valence-corrected chi connectivity index (χ2v) is 8.74. The van der Waals surface area contributed by atoms with Crippen molar-refractivity contribution in [1.82, 2.24) is 9.55 Å². The first-order valence-corrected chi connectivity index (χ1v) is 12.1. The van der Waals surface area contributed by atoms with Crippen LogP contribution in [0, 0.1) is 0 Å². The molecule has 0 saturated carbocycles. The molecule has 1 heterocycles. The summed E-state index contributed by atoms with van der Waals surface area (Å²) in [4.78, 5) is 30.3. The number of aromatic nitrogens is 2. The molecule has 196 valence electrons. The Hall–Kier alpha value is -4.11. The van der Waals surface area contributed by atoms with Crippen LogP contribution in [0.4, 0.5) is 19.0 Å². The van der Waals surface area contributed by atoms with Crippen molar-refractivity contribution >= 4 is 23.4 Å². The summed E-state index contributed by atoms with van der Waals surface area (Å²) in [5, 5.41) is 2.83. The quantitative estimate of drug-likeness (QED) is 0.264. The Kier molecular flexibility index (Phi) is 8.48. The predicted octanol–water partition coefficient (Wildman–Crippen LogP) is 5.98. The van der Waals surface area contributed by atoms with Crippen LogP contribution in [0.2, 0.25) is 5.15 Å². The zero-order valence-corrected chi connectivity index (χ0v) is 20.8. The number of esters is 1. The fourth-order valence-corrected chi connectivity index (χ4v) is 4.11.